The fourth-order valence-corrected chi connectivity index (χ4v) is 2.24. The van der Waals surface area contributed by atoms with Gasteiger partial charge in [-0.05, 0) is 18.2 Å². The summed E-state index contributed by atoms with van der Waals surface area (Å²) in [5.41, 5.74) is 1.35. The summed E-state index contributed by atoms with van der Waals surface area (Å²) in [6.07, 6.45) is 1.75. The zero-order valence-corrected chi connectivity index (χ0v) is 10.8. The Morgan fingerprint density at radius 2 is 2.39 bits per heavy atom. The number of hydrogen-bond acceptors (Lipinski definition) is 4. The monoisotopic (exact) mass is 264 g/mol. The summed E-state index contributed by atoms with van der Waals surface area (Å²) in [5, 5.41) is 5.73. The van der Waals surface area contributed by atoms with Crippen LogP contribution in [0.2, 0.25) is 0 Å². The molecule has 18 heavy (non-hydrogen) atoms. The molecule has 1 aromatic heterocycles. The van der Waals surface area contributed by atoms with E-state index in [4.69, 9.17) is 4.74 Å². The third kappa shape index (κ3) is 2.68. The predicted molar refractivity (Wildman–Crippen MR) is 72.7 cm³/mol. The van der Waals surface area contributed by atoms with E-state index >= 15 is 0 Å². The zero-order valence-electron chi connectivity index (χ0n) is 9.94. The van der Waals surface area contributed by atoms with E-state index in [1.54, 1.807) is 19.3 Å². The van der Waals surface area contributed by atoms with Gasteiger partial charge >= 0.3 is 0 Å². The minimum atomic E-state index is -0.306. The number of hydrogen-bond donors (Lipinski definition) is 1. The standard InChI is InChI=1S/C13H13FN2OS/c1-3-6-15-13-16-11(8-18-13)10-7-9(14)4-5-12(10)17-2/h3-5,7-8H,1,6H2,2H3,(H,15,16). The van der Waals surface area contributed by atoms with Gasteiger partial charge in [-0.15, -0.1) is 17.9 Å². The number of ether oxygens (including phenoxy) is 1. The highest BCUT2D eigenvalue weighted by molar-refractivity contribution is 7.14. The normalized spacial score (nSPS) is 10.1. The predicted octanol–water partition coefficient (Wildman–Crippen LogP) is 3.56. The van der Waals surface area contributed by atoms with Gasteiger partial charge in [-0.1, -0.05) is 6.08 Å². The van der Waals surface area contributed by atoms with E-state index in [0.29, 0.717) is 23.6 Å². The summed E-state index contributed by atoms with van der Waals surface area (Å²) in [7, 11) is 1.56. The molecule has 1 heterocycles. The molecule has 0 saturated carbocycles. The van der Waals surface area contributed by atoms with Gasteiger partial charge in [0.25, 0.3) is 0 Å². The average Bonchev–Trinajstić information content (AvgIpc) is 2.85. The summed E-state index contributed by atoms with van der Waals surface area (Å²) >= 11 is 1.46. The summed E-state index contributed by atoms with van der Waals surface area (Å²) in [6.45, 7) is 4.27. The van der Waals surface area contributed by atoms with Crippen LogP contribution in [-0.4, -0.2) is 18.6 Å². The smallest absolute Gasteiger partial charge is 0.183 e. The molecule has 0 aliphatic rings. The Kier molecular flexibility index (Phi) is 3.94. The number of nitrogens with one attached hydrogen (secondary N) is 1. The second-order valence-electron chi connectivity index (χ2n) is 3.55. The maximum atomic E-state index is 13.3. The maximum Gasteiger partial charge on any atom is 0.183 e. The topological polar surface area (TPSA) is 34.2 Å². The molecule has 0 amide bonds. The molecule has 3 nitrogen and oxygen atoms in total. The molecule has 0 aliphatic heterocycles. The van der Waals surface area contributed by atoms with Gasteiger partial charge in [0.05, 0.1) is 12.8 Å². The van der Waals surface area contributed by atoms with Crippen molar-refractivity contribution in [1.29, 1.82) is 0 Å². The molecule has 2 rings (SSSR count). The van der Waals surface area contributed by atoms with Crippen LogP contribution in [-0.2, 0) is 0 Å². The van der Waals surface area contributed by atoms with Crippen LogP contribution in [0.5, 0.6) is 5.75 Å². The van der Waals surface area contributed by atoms with Crippen molar-refractivity contribution in [3.63, 3.8) is 0 Å². The van der Waals surface area contributed by atoms with Gasteiger partial charge in [-0.3, -0.25) is 0 Å². The molecule has 1 aromatic carbocycles. The molecular weight excluding hydrogens is 251 g/mol. The van der Waals surface area contributed by atoms with Crippen molar-refractivity contribution in [2.45, 2.75) is 0 Å². The minimum absolute atomic E-state index is 0.306. The number of methoxy groups -OCH3 is 1. The van der Waals surface area contributed by atoms with Crippen molar-refractivity contribution in [2.75, 3.05) is 19.0 Å². The molecule has 94 valence electrons. The molecular formula is C13H13FN2OS. The number of thiazole rings is 1. The van der Waals surface area contributed by atoms with Gasteiger partial charge in [-0.25, -0.2) is 9.37 Å². The minimum Gasteiger partial charge on any atom is -0.496 e. The van der Waals surface area contributed by atoms with Crippen LogP contribution < -0.4 is 10.1 Å². The second-order valence-corrected chi connectivity index (χ2v) is 4.41. The molecule has 0 atom stereocenters. The average molecular weight is 264 g/mol. The Labute approximate surface area is 109 Å². The van der Waals surface area contributed by atoms with Crippen LogP contribution in [0.15, 0.2) is 36.2 Å². The fraction of sp³-hybridized carbons (Fsp3) is 0.154. The fourth-order valence-electron chi connectivity index (χ4n) is 1.52. The molecule has 1 N–H and O–H groups in total. The first kappa shape index (κ1) is 12.6. The van der Waals surface area contributed by atoms with E-state index in [1.165, 1.54) is 23.5 Å². The third-order valence-electron chi connectivity index (χ3n) is 2.34. The largest absolute Gasteiger partial charge is 0.496 e. The summed E-state index contributed by atoms with van der Waals surface area (Å²) < 4.78 is 18.5. The number of halogens is 1. The maximum absolute atomic E-state index is 13.3. The van der Waals surface area contributed by atoms with Gasteiger partial charge < -0.3 is 10.1 Å². The summed E-state index contributed by atoms with van der Waals surface area (Å²) in [6, 6.07) is 4.39. The molecule has 2 aromatic rings. The Bertz CT molecular complexity index is 554. The number of rotatable bonds is 5. The van der Waals surface area contributed by atoms with Crippen LogP contribution in [0.4, 0.5) is 9.52 Å². The highest BCUT2D eigenvalue weighted by Gasteiger charge is 2.10. The molecule has 0 aliphatic carbocycles. The number of nitrogens with zero attached hydrogens (tertiary/aromatic N) is 1. The SMILES string of the molecule is C=CCNc1nc(-c2cc(F)ccc2OC)cs1. The lowest BCUT2D eigenvalue weighted by atomic mass is 10.1. The quantitative estimate of drug-likeness (QED) is 0.838. The van der Waals surface area contributed by atoms with Gasteiger partial charge in [0.15, 0.2) is 5.13 Å². The Morgan fingerprint density at radius 1 is 1.56 bits per heavy atom. The van der Waals surface area contributed by atoms with Gasteiger partial charge in [0.1, 0.15) is 11.6 Å². The van der Waals surface area contributed by atoms with Gasteiger partial charge in [-0.2, -0.15) is 0 Å². The van der Waals surface area contributed by atoms with Crippen molar-refractivity contribution < 1.29 is 9.13 Å². The molecule has 0 radical (unpaired) electrons. The van der Waals surface area contributed by atoms with E-state index in [2.05, 4.69) is 16.9 Å². The van der Waals surface area contributed by atoms with E-state index < -0.39 is 0 Å². The lowest BCUT2D eigenvalue weighted by Crippen LogP contribution is -1.96. The zero-order chi connectivity index (χ0) is 13.0. The van der Waals surface area contributed by atoms with E-state index in [0.717, 1.165) is 5.13 Å². The van der Waals surface area contributed by atoms with Crippen LogP contribution in [0.1, 0.15) is 0 Å². The highest BCUT2D eigenvalue weighted by atomic mass is 32.1. The Morgan fingerprint density at radius 3 is 3.11 bits per heavy atom. The molecule has 0 fully saturated rings. The van der Waals surface area contributed by atoms with Crippen molar-refractivity contribution in [1.82, 2.24) is 4.98 Å². The van der Waals surface area contributed by atoms with E-state index in [9.17, 15) is 4.39 Å². The Balaban J connectivity index is 2.32. The lowest BCUT2D eigenvalue weighted by Gasteiger charge is -2.05. The molecule has 0 saturated heterocycles. The summed E-state index contributed by atoms with van der Waals surface area (Å²) in [5.74, 6) is 0.302. The van der Waals surface area contributed by atoms with Crippen LogP contribution in [0, 0.1) is 5.82 Å². The number of benzene rings is 1. The first-order chi connectivity index (χ1) is 8.74. The second kappa shape index (κ2) is 5.64. The van der Waals surface area contributed by atoms with Crippen LogP contribution in [0.3, 0.4) is 0 Å². The number of aromatic nitrogens is 1. The first-order valence-electron chi connectivity index (χ1n) is 5.39. The lowest BCUT2D eigenvalue weighted by molar-refractivity contribution is 0.415. The van der Waals surface area contributed by atoms with Crippen molar-refractivity contribution in [2.24, 2.45) is 0 Å². The first-order valence-corrected chi connectivity index (χ1v) is 6.26. The van der Waals surface area contributed by atoms with E-state index in [1.807, 2.05) is 5.38 Å². The van der Waals surface area contributed by atoms with Crippen LogP contribution in [0.25, 0.3) is 11.3 Å². The third-order valence-corrected chi connectivity index (χ3v) is 3.14. The summed E-state index contributed by atoms with van der Waals surface area (Å²) in [4.78, 5) is 4.38. The van der Waals surface area contributed by atoms with Gasteiger partial charge in [0, 0.05) is 17.5 Å². The van der Waals surface area contributed by atoms with E-state index in [-0.39, 0.29) is 5.82 Å². The van der Waals surface area contributed by atoms with Crippen molar-refractivity contribution >= 4 is 16.5 Å². The van der Waals surface area contributed by atoms with Crippen molar-refractivity contribution in [3.8, 4) is 17.0 Å². The molecule has 0 spiro atoms. The molecule has 0 unspecified atom stereocenters. The Hall–Kier alpha value is -1.88. The number of anilines is 1. The molecule has 5 heteroatoms. The van der Waals surface area contributed by atoms with Crippen molar-refractivity contribution in [3.05, 3.63) is 42.1 Å². The van der Waals surface area contributed by atoms with Gasteiger partial charge in [0.2, 0.25) is 0 Å². The van der Waals surface area contributed by atoms with Crippen LogP contribution >= 0.6 is 11.3 Å². The molecule has 0 bridgehead atoms. The highest BCUT2D eigenvalue weighted by Crippen LogP contribution is 2.32.